The van der Waals surface area contributed by atoms with Crippen LogP contribution >= 0.6 is 0 Å². The highest BCUT2D eigenvalue weighted by molar-refractivity contribution is 5.53. The summed E-state index contributed by atoms with van der Waals surface area (Å²) in [6.45, 7) is 8.53. The van der Waals surface area contributed by atoms with Gasteiger partial charge in [-0.1, -0.05) is 56.3 Å². The monoisotopic (exact) mass is 504 g/mol. The minimum Gasteiger partial charge on any atom is -0.496 e. The molecule has 198 valence electrons. The number of nitrogens with zero attached hydrogens (tertiary/aromatic N) is 2. The van der Waals surface area contributed by atoms with E-state index < -0.39 is 0 Å². The Kier molecular flexibility index (Phi) is 10.8. The van der Waals surface area contributed by atoms with Crippen LogP contribution in [0.3, 0.4) is 0 Å². The Labute approximate surface area is 221 Å². The fraction of sp³-hybridized carbons (Fsp3) is 0.387. The molecule has 0 saturated heterocycles. The first-order valence-electron chi connectivity index (χ1n) is 13.0. The fourth-order valence-electron chi connectivity index (χ4n) is 4.76. The van der Waals surface area contributed by atoms with Gasteiger partial charge in [-0.25, -0.2) is 0 Å². The van der Waals surface area contributed by atoms with Crippen LogP contribution in [0.15, 0.2) is 60.7 Å². The molecule has 2 aliphatic heterocycles. The van der Waals surface area contributed by atoms with Crippen LogP contribution in [0.1, 0.15) is 41.7 Å². The van der Waals surface area contributed by atoms with Crippen molar-refractivity contribution in [3.63, 3.8) is 0 Å². The topological polar surface area (TPSA) is 51.2 Å². The summed E-state index contributed by atoms with van der Waals surface area (Å²) >= 11 is 0. The van der Waals surface area contributed by atoms with Gasteiger partial charge in [-0.05, 0) is 53.3 Å². The highest BCUT2D eigenvalue weighted by Crippen LogP contribution is 2.33. The van der Waals surface area contributed by atoms with E-state index in [0.29, 0.717) is 12.3 Å². The third-order valence-electron chi connectivity index (χ3n) is 6.69. The predicted molar refractivity (Wildman–Crippen MR) is 148 cm³/mol. The molecule has 1 amide bonds. The van der Waals surface area contributed by atoms with Crippen molar-refractivity contribution in [3.8, 4) is 17.2 Å². The summed E-state index contributed by atoms with van der Waals surface area (Å²) in [7, 11) is 4.99. The SMILES string of the molecule is CC.COc1cc2c(cc1OC)CN(C=O)CC2.COc1ccccc1CN1CCc2ccccc2C1. The third-order valence-corrected chi connectivity index (χ3v) is 6.69. The van der Waals surface area contributed by atoms with E-state index in [1.807, 2.05) is 38.1 Å². The highest BCUT2D eigenvalue weighted by Gasteiger charge is 2.18. The van der Waals surface area contributed by atoms with Crippen molar-refractivity contribution in [2.45, 2.75) is 46.3 Å². The van der Waals surface area contributed by atoms with E-state index >= 15 is 0 Å². The van der Waals surface area contributed by atoms with Crippen LogP contribution in [0, 0.1) is 0 Å². The van der Waals surface area contributed by atoms with Gasteiger partial charge in [0.05, 0.1) is 21.3 Å². The van der Waals surface area contributed by atoms with Crippen LogP contribution in [-0.2, 0) is 37.3 Å². The molecule has 0 spiro atoms. The van der Waals surface area contributed by atoms with E-state index in [1.54, 1.807) is 26.2 Å². The molecule has 2 heterocycles. The molecule has 0 aliphatic carbocycles. The third kappa shape index (κ3) is 7.26. The van der Waals surface area contributed by atoms with Crippen molar-refractivity contribution >= 4 is 6.41 Å². The van der Waals surface area contributed by atoms with E-state index in [0.717, 1.165) is 62.5 Å². The van der Waals surface area contributed by atoms with Gasteiger partial charge in [-0.15, -0.1) is 0 Å². The van der Waals surface area contributed by atoms with Crippen molar-refractivity contribution in [1.82, 2.24) is 9.80 Å². The van der Waals surface area contributed by atoms with Crippen LogP contribution in [0.5, 0.6) is 17.2 Å². The lowest BCUT2D eigenvalue weighted by molar-refractivity contribution is -0.118. The summed E-state index contributed by atoms with van der Waals surface area (Å²) in [6.07, 6.45) is 2.90. The molecule has 6 heteroatoms. The lowest BCUT2D eigenvalue weighted by Crippen LogP contribution is -2.30. The van der Waals surface area contributed by atoms with Crippen molar-refractivity contribution in [3.05, 3.63) is 88.5 Å². The van der Waals surface area contributed by atoms with E-state index in [9.17, 15) is 4.79 Å². The molecule has 0 atom stereocenters. The number of rotatable bonds is 6. The Hall–Kier alpha value is -3.51. The molecule has 0 fully saturated rings. The van der Waals surface area contributed by atoms with Crippen LogP contribution in [-0.4, -0.2) is 50.6 Å². The van der Waals surface area contributed by atoms with Crippen molar-refractivity contribution < 1.29 is 19.0 Å². The standard InChI is InChI=1S/C17H19NO.C12H15NO3.C2H6/c1-19-17-9-5-4-8-16(17)13-18-11-10-14-6-2-3-7-15(14)12-18;1-15-11-5-9-3-4-13(8-14)7-10(9)6-12(11)16-2;1-2/h2-9H,10-13H2,1H3;5-6,8H,3-4,7H2,1-2H3;1-2H3. The molecule has 2 aliphatic rings. The van der Waals surface area contributed by atoms with Gasteiger partial charge in [-0.2, -0.15) is 0 Å². The van der Waals surface area contributed by atoms with Crippen LogP contribution in [0.2, 0.25) is 0 Å². The van der Waals surface area contributed by atoms with Crippen molar-refractivity contribution in [2.24, 2.45) is 0 Å². The molecular formula is C31H40N2O4. The molecule has 0 aromatic heterocycles. The molecule has 6 nitrogen and oxygen atoms in total. The maximum Gasteiger partial charge on any atom is 0.210 e. The molecule has 37 heavy (non-hydrogen) atoms. The quantitative estimate of drug-likeness (QED) is 0.415. The second-order valence-corrected chi connectivity index (χ2v) is 8.84. The zero-order chi connectivity index (χ0) is 26.6. The molecule has 0 saturated carbocycles. The Morgan fingerprint density at radius 1 is 0.703 bits per heavy atom. The van der Waals surface area contributed by atoms with Gasteiger partial charge >= 0.3 is 0 Å². The number of amides is 1. The minimum atomic E-state index is 0.652. The number of methoxy groups -OCH3 is 3. The van der Waals surface area contributed by atoms with Gasteiger partial charge in [0, 0.05) is 38.3 Å². The second kappa shape index (κ2) is 14.3. The molecule has 0 unspecified atom stereocenters. The number of hydrogen-bond donors (Lipinski definition) is 0. The number of carbonyl (C=O) groups excluding carboxylic acids is 1. The summed E-state index contributed by atoms with van der Waals surface area (Å²) in [6, 6.07) is 21.0. The Bertz CT molecular complexity index is 1150. The second-order valence-electron chi connectivity index (χ2n) is 8.84. The van der Waals surface area contributed by atoms with E-state index in [-0.39, 0.29) is 0 Å². The number of para-hydroxylation sites is 1. The predicted octanol–water partition coefficient (Wildman–Crippen LogP) is 5.50. The van der Waals surface area contributed by atoms with Crippen LogP contribution < -0.4 is 14.2 Å². The minimum absolute atomic E-state index is 0.652. The van der Waals surface area contributed by atoms with E-state index in [1.165, 1.54) is 22.3 Å². The molecule has 0 radical (unpaired) electrons. The first-order valence-corrected chi connectivity index (χ1v) is 13.0. The lowest BCUT2D eigenvalue weighted by Gasteiger charge is -2.29. The van der Waals surface area contributed by atoms with E-state index in [4.69, 9.17) is 14.2 Å². The fourth-order valence-corrected chi connectivity index (χ4v) is 4.76. The normalized spacial score (nSPS) is 14.0. The first-order chi connectivity index (χ1) is 18.1. The number of fused-ring (bicyclic) bond motifs is 2. The van der Waals surface area contributed by atoms with Gasteiger partial charge in [0.15, 0.2) is 11.5 Å². The number of ether oxygens (including phenoxy) is 3. The van der Waals surface area contributed by atoms with Gasteiger partial charge in [0.2, 0.25) is 6.41 Å². The van der Waals surface area contributed by atoms with Crippen LogP contribution in [0.4, 0.5) is 0 Å². The largest absolute Gasteiger partial charge is 0.496 e. The Morgan fingerprint density at radius 3 is 1.97 bits per heavy atom. The summed E-state index contributed by atoms with van der Waals surface area (Å²) < 4.78 is 15.9. The molecule has 5 rings (SSSR count). The summed E-state index contributed by atoms with van der Waals surface area (Å²) in [4.78, 5) is 15.0. The molecule has 0 bridgehead atoms. The summed E-state index contributed by atoms with van der Waals surface area (Å²) in [5, 5.41) is 0. The highest BCUT2D eigenvalue weighted by atomic mass is 16.5. The van der Waals surface area contributed by atoms with E-state index in [2.05, 4.69) is 41.3 Å². The number of hydrogen-bond acceptors (Lipinski definition) is 5. The smallest absolute Gasteiger partial charge is 0.210 e. The molecule has 3 aromatic carbocycles. The zero-order valence-corrected chi connectivity index (χ0v) is 22.8. The van der Waals surface area contributed by atoms with Crippen molar-refractivity contribution in [2.75, 3.05) is 34.4 Å². The number of carbonyl (C=O) groups is 1. The summed E-state index contributed by atoms with van der Waals surface area (Å²) in [5.74, 6) is 2.45. The van der Waals surface area contributed by atoms with Crippen molar-refractivity contribution in [1.29, 1.82) is 0 Å². The maximum absolute atomic E-state index is 10.7. The average molecular weight is 505 g/mol. The Morgan fingerprint density at radius 2 is 1.30 bits per heavy atom. The van der Waals surface area contributed by atoms with Gasteiger partial charge in [-0.3, -0.25) is 9.69 Å². The Balaban J connectivity index is 0.000000195. The molecule has 3 aromatic rings. The maximum atomic E-state index is 10.7. The number of benzene rings is 3. The van der Waals surface area contributed by atoms with Gasteiger partial charge in [0.25, 0.3) is 0 Å². The lowest BCUT2D eigenvalue weighted by atomic mass is 9.99. The average Bonchev–Trinajstić information content (AvgIpc) is 2.97. The molecule has 0 N–H and O–H groups in total. The molecular weight excluding hydrogens is 464 g/mol. The summed E-state index contributed by atoms with van der Waals surface area (Å²) in [5.41, 5.74) is 6.60. The zero-order valence-electron chi connectivity index (χ0n) is 22.8. The van der Waals surface area contributed by atoms with Crippen LogP contribution in [0.25, 0.3) is 0 Å². The van der Waals surface area contributed by atoms with Gasteiger partial charge in [0.1, 0.15) is 5.75 Å². The first kappa shape index (κ1) is 28.1. The van der Waals surface area contributed by atoms with Gasteiger partial charge < -0.3 is 19.1 Å².